The number of carbonyl (C=O) groups is 1. The number of ether oxygens (including phenoxy) is 1. The average Bonchev–Trinajstić information content (AvgIpc) is 3.27. The summed E-state index contributed by atoms with van der Waals surface area (Å²) in [6.45, 7) is 3.14. The SMILES string of the molecule is CCOc1ccccc1CN(C(=O)Nc1nccs1)C1CCCC1. The smallest absolute Gasteiger partial charge is 0.324 e. The number of nitrogens with one attached hydrogen (secondary N) is 1. The van der Waals surface area contributed by atoms with Gasteiger partial charge in [0.1, 0.15) is 5.75 Å². The van der Waals surface area contributed by atoms with Crippen molar-refractivity contribution >= 4 is 22.5 Å². The zero-order valence-electron chi connectivity index (χ0n) is 13.9. The second-order valence-electron chi connectivity index (χ2n) is 5.87. The fourth-order valence-corrected chi connectivity index (χ4v) is 3.66. The van der Waals surface area contributed by atoms with E-state index in [-0.39, 0.29) is 12.1 Å². The molecule has 1 aliphatic carbocycles. The van der Waals surface area contributed by atoms with E-state index in [1.165, 1.54) is 24.2 Å². The number of thiazole rings is 1. The normalized spacial score (nSPS) is 14.5. The number of nitrogens with zero attached hydrogens (tertiary/aromatic N) is 2. The Bertz CT molecular complexity index is 654. The quantitative estimate of drug-likeness (QED) is 0.837. The summed E-state index contributed by atoms with van der Waals surface area (Å²) in [6.07, 6.45) is 6.17. The van der Waals surface area contributed by atoms with Crippen LogP contribution in [0.4, 0.5) is 9.93 Å². The number of hydrogen-bond donors (Lipinski definition) is 1. The van der Waals surface area contributed by atoms with Crippen molar-refractivity contribution in [3.63, 3.8) is 0 Å². The molecule has 0 saturated heterocycles. The lowest BCUT2D eigenvalue weighted by Crippen LogP contribution is -2.41. The maximum absolute atomic E-state index is 12.8. The summed E-state index contributed by atoms with van der Waals surface area (Å²) < 4.78 is 5.72. The molecule has 2 amide bonds. The molecule has 6 heteroatoms. The van der Waals surface area contributed by atoms with Crippen LogP contribution in [0.25, 0.3) is 0 Å². The molecule has 1 aromatic heterocycles. The van der Waals surface area contributed by atoms with Gasteiger partial charge in [-0.15, -0.1) is 11.3 Å². The Morgan fingerprint density at radius 1 is 1.38 bits per heavy atom. The van der Waals surface area contributed by atoms with Crippen LogP contribution in [0.15, 0.2) is 35.8 Å². The van der Waals surface area contributed by atoms with Crippen LogP contribution in [0.5, 0.6) is 5.75 Å². The first kappa shape index (κ1) is 16.8. The summed E-state index contributed by atoms with van der Waals surface area (Å²) in [5.74, 6) is 0.852. The molecule has 2 aromatic rings. The number of carbonyl (C=O) groups excluding carboxylic acids is 1. The zero-order valence-corrected chi connectivity index (χ0v) is 14.7. The topological polar surface area (TPSA) is 54.5 Å². The lowest BCUT2D eigenvalue weighted by atomic mass is 10.1. The molecular weight excluding hydrogens is 322 g/mol. The molecule has 0 aliphatic heterocycles. The third-order valence-electron chi connectivity index (χ3n) is 4.29. The van der Waals surface area contributed by atoms with Gasteiger partial charge in [0.25, 0.3) is 0 Å². The Balaban J connectivity index is 1.78. The van der Waals surface area contributed by atoms with Gasteiger partial charge in [-0.05, 0) is 25.8 Å². The molecule has 1 saturated carbocycles. The van der Waals surface area contributed by atoms with Crippen LogP contribution in [-0.2, 0) is 6.54 Å². The van der Waals surface area contributed by atoms with Gasteiger partial charge in [-0.2, -0.15) is 0 Å². The maximum Gasteiger partial charge on any atom is 0.324 e. The lowest BCUT2D eigenvalue weighted by molar-refractivity contribution is 0.183. The predicted molar refractivity (Wildman–Crippen MR) is 96.5 cm³/mol. The summed E-state index contributed by atoms with van der Waals surface area (Å²) in [7, 11) is 0. The highest BCUT2D eigenvalue weighted by Gasteiger charge is 2.28. The second-order valence-corrected chi connectivity index (χ2v) is 6.77. The molecule has 128 valence electrons. The molecular formula is C18H23N3O2S. The van der Waals surface area contributed by atoms with Gasteiger partial charge in [0, 0.05) is 23.2 Å². The Labute approximate surface area is 146 Å². The highest BCUT2D eigenvalue weighted by Crippen LogP contribution is 2.28. The molecule has 1 aromatic carbocycles. The van der Waals surface area contributed by atoms with E-state index in [9.17, 15) is 4.79 Å². The molecule has 0 unspecified atom stereocenters. The average molecular weight is 345 g/mol. The van der Waals surface area contributed by atoms with E-state index in [0.717, 1.165) is 24.2 Å². The van der Waals surface area contributed by atoms with E-state index in [1.807, 2.05) is 41.5 Å². The van der Waals surface area contributed by atoms with Crippen molar-refractivity contribution in [2.24, 2.45) is 0 Å². The van der Waals surface area contributed by atoms with Crippen LogP contribution in [-0.4, -0.2) is 28.6 Å². The third-order valence-corrected chi connectivity index (χ3v) is 4.97. The van der Waals surface area contributed by atoms with E-state index in [1.54, 1.807) is 6.20 Å². The number of aromatic nitrogens is 1. The first-order chi connectivity index (χ1) is 11.8. The fraction of sp³-hybridized carbons (Fsp3) is 0.444. The second kappa shape index (κ2) is 8.15. The zero-order chi connectivity index (χ0) is 16.8. The molecule has 1 heterocycles. The van der Waals surface area contributed by atoms with Gasteiger partial charge in [-0.3, -0.25) is 5.32 Å². The molecule has 0 radical (unpaired) electrons. The summed E-state index contributed by atoms with van der Waals surface area (Å²) in [5.41, 5.74) is 1.04. The van der Waals surface area contributed by atoms with Crippen molar-refractivity contribution in [3.8, 4) is 5.75 Å². The molecule has 0 bridgehead atoms. The minimum Gasteiger partial charge on any atom is -0.494 e. The number of anilines is 1. The standard InChI is InChI=1S/C18H23N3O2S/c1-2-23-16-10-6-3-7-14(16)13-21(15-8-4-5-9-15)18(22)20-17-19-11-12-24-17/h3,6-7,10-12,15H,2,4-5,8-9,13H2,1H3,(H,19,20,22). The first-order valence-electron chi connectivity index (χ1n) is 8.45. The third kappa shape index (κ3) is 4.06. The van der Waals surface area contributed by atoms with Gasteiger partial charge in [-0.1, -0.05) is 31.0 Å². The van der Waals surface area contributed by atoms with Crippen LogP contribution in [0, 0.1) is 0 Å². The largest absolute Gasteiger partial charge is 0.494 e. The molecule has 1 aliphatic rings. The number of amides is 2. The number of rotatable bonds is 6. The van der Waals surface area contributed by atoms with Gasteiger partial charge in [0.15, 0.2) is 5.13 Å². The molecule has 5 nitrogen and oxygen atoms in total. The van der Waals surface area contributed by atoms with Crippen LogP contribution in [0.2, 0.25) is 0 Å². The van der Waals surface area contributed by atoms with E-state index >= 15 is 0 Å². The van der Waals surface area contributed by atoms with Gasteiger partial charge < -0.3 is 9.64 Å². The van der Waals surface area contributed by atoms with Crippen LogP contribution in [0.3, 0.4) is 0 Å². The van der Waals surface area contributed by atoms with Crippen molar-refractivity contribution in [1.29, 1.82) is 0 Å². The van der Waals surface area contributed by atoms with Crippen molar-refractivity contribution in [3.05, 3.63) is 41.4 Å². The van der Waals surface area contributed by atoms with E-state index in [4.69, 9.17) is 4.74 Å². The Hall–Kier alpha value is -2.08. The molecule has 0 atom stereocenters. The maximum atomic E-state index is 12.8. The number of hydrogen-bond acceptors (Lipinski definition) is 4. The summed E-state index contributed by atoms with van der Waals surface area (Å²) in [6, 6.07) is 8.14. The summed E-state index contributed by atoms with van der Waals surface area (Å²) in [5, 5.41) is 5.43. The van der Waals surface area contributed by atoms with Gasteiger partial charge in [-0.25, -0.2) is 9.78 Å². The molecule has 0 spiro atoms. The number of para-hydroxylation sites is 1. The van der Waals surface area contributed by atoms with Gasteiger partial charge in [0.2, 0.25) is 0 Å². The van der Waals surface area contributed by atoms with E-state index < -0.39 is 0 Å². The van der Waals surface area contributed by atoms with Crippen LogP contribution < -0.4 is 10.1 Å². The first-order valence-corrected chi connectivity index (χ1v) is 9.33. The summed E-state index contributed by atoms with van der Waals surface area (Å²) >= 11 is 1.43. The van der Waals surface area contributed by atoms with Crippen molar-refractivity contribution in [2.45, 2.75) is 45.2 Å². The van der Waals surface area contributed by atoms with Crippen molar-refractivity contribution in [2.75, 3.05) is 11.9 Å². The highest BCUT2D eigenvalue weighted by molar-refractivity contribution is 7.13. The van der Waals surface area contributed by atoms with Crippen LogP contribution in [0.1, 0.15) is 38.2 Å². The molecule has 3 rings (SSSR count). The number of benzene rings is 1. The van der Waals surface area contributed by atoms with Crippen molar-refractivity contribution < 1.29 is 9.53 Å². The van der Waals surface area contributed by atoms with Crippen LogP contribution >= 0.6 is 11.3 Å². The molecule has 1 N–H and O–H groups in total. The Morgan fingerprint density at radius 3 is 2.88 bits per heavy atom. The predicted octanol–water partition coefficient (Wildman–Crippen LogP) is 4.52. The van der Waals surface area contributed by atoms with Crippen molar-refractivity contribution in [1.82, 2.24) is 9.88 Å². The van der Waals surface area contributed by atoms with E-state index in [2.05, 4.69) is 10.3 Å². The Morgan fingerprint density at radius 2 is 2.17 bits per heavy atom. The summed E-state index contributed by atoms with van der Waals surface area (Å²) in [4.78, 5) is 18.9. The minimum atomic E-state index is -0.0804. The highest BCUT2D eigenvalue weighted by atomic mass is 32.1. The Kier molecular flexibility index (Phi) is 5.69. The number of urea groups is 1. The lowest BCUT2D eigenvalue weighted by Gasteiger charge is -2.29. The van der Waals surface area contributed by atoms with Gasteiger partial charge in [0.05, 0.1) is 13.2 Å². The molecule has 24 heavy (non-hydrogen) atoms. The molecule has 1 fully saturated rings. The van der Waals surface area contributed by atoms with E-state index in [0.29, 0.717) is 18.3 Å². The monoisotopic (exact) mass is 345 g/mol. The minimum absolute atomic E-state index is 0.0804. The fourth-order valence-electron chi connectivity index (χ4n) is 3.15. The van der Waals surface area contributed by atoms with Gasteiger partial charge >= 0.3 is 6.03 Å².